The van der Waals surface area contributed by atoms with Crippen molar-refractivity contribution in [3.63, 3.8) is 0 Å². The number of benzene rings is 1. The molecule has 1 fully saturated rings. The SMILES string of the molecule is CCNC(=NCCS(=O)(=O)N1CCc2ccccc21)NC1CCN(C(C)C)CC1.I. The maximum Gasteiger partial charge on any atom is 0.237 e. The molecule has 2 aliphatic heterocycles. The van der Waals surface area contributed by atoms with E-state index >= 15 is 0 Å². The minimum Gasteiger partial charge on any atom is -0.357 e. The van der Waals surface area contributed by atoms with Crippen LogP contribution in [0.1, 0.15) is 39.2 Å². The summed E-state index contributed by atoms with van der Waals surface area (Å²) in [5.41, 5.74) is 1.92. The molecular formula is C21H36IN5O2S. The molecule has 0 spiro atoms. The highest BCUT2D eigenvalue weighted by molar-refractivity contribution is 14.0. The third kappa shape index (κ3) is 6.46. The van der Waals surface area contributed by atoms with Gasteiger partial charge in [-0.3, -0.25) is 9.30 Å². The molecule has 0 aliphatic carbocycles. The Morgan fingerprint density at radius 3 is 2.57 bits per heavy atom. The second-order valence-corrected chi connectivity index (χ2v) is 10.1. The van der Waals surface area contributed by atoms with Gasteiger partial charge in [0.15, 0.2) is 5.96 Å². The summed E-state index contributed by atoms with van der Waals surface area (Å²) >= 11 is 0. The van der Waals surface area contributed by atoms with Crippen LogP contribution in [0.3, 0.4) is 0 Å². The summed E-state index contributed by atoms with van der Waals surface area (Å²) in [6.45, 7) is 10.2. The first kappa shape index (κ1) is 25.2. The molecule has 30 heavy (non-hydrogen) atoms. The fraction of sp³-hybridized carbons (Fsp3) is 0.667. The molecule has 170 valence electrons. The van der Waals surface area contributed by atoms with Crippen molar-refractivity contribution in [2.24, 2.45) is 4.99 Å². The quantitative estimate of drug-likeness (QED) is 0.311. The van der Waals surface area contributed by atoms with Gasteiger partial charge in [-0.25, -0.2) is 8.42 Å². The van der Waals surface area contributed by atoms with E-state index in [-0.39, 0.29) is 36.3 Å². The summed E-state index contributed by atoms with van der Waals surface area (Å²) in [7, 11) is -3.37. The van der Waals surface area contributed by atoms with Gasteiger partial charge in [0.25, 0.3) is 0 Å². The predicted molar refractivity (Wildman–Crippen MR) is 136 cm³/mol. The Labute approximate surface area is 198 Å². The molecule has 0 amide bonds. The van der Waals surface area contributed by atoms with Crippen molar-refractivity contribution in [3.8, 4) is 0 Å². The van der Waals surface area contributed by atoms with Crippen molar-refractivity contribution >= 4 is 45.6 Å². The summed E-state index contributed by atoms with van der Waals surface area (Å²) in [6, 6.07) is 8.70. The molecule has 0 aromatic heterocycles. The average molecular weight is 550 g/mol. The number of nitrogens with one attached hydrogen (secondary N) is 2. The van der Waals surface area contributed by atoms with Gasteiger partial charge in [-0.05, 0) is 51.7 Å². The number of guanidine groups is 1. The first-order chi connectivity index (χ1) is 13.9. The molecule has 1 aromatic rings. The molecule has 2 aliphatic rings. The second kappa shape index (κ2) is 11.5. The maximum atomic E-state index is 12.8. The first-order valence-corrected chi connectivity index (χ1v) is 12.4. The van der Waals surface area contributed by atoms with Gasteiger partial charge in [-0.2, -0.15) is 0 Å². The van der Waals surface area contributed by atoms with Crippen molar-refractivity contribution in [1.82, 2.24) is 15.5 Å². The number of sulfonamides is 1. The fourth-order valence-electron chi connectivity index (χ4n) is 4.05. The minimum absolute atomic E-state index is 0. The zero-order valence-corrected chi connectivity index (χ0v) is 21.4. The number of fused-ring (bicyclic) bond motifs is 1. The number of nitrogens with zero attached hydrogens (tertiary/aromatic N) is 3. The Hall–Kier alpha value is -1.07. The van der Waals surface area contributed by atoms with Crippen LogP contribution in [-0.2, 0) is 16.4 Å². The Kier molecular flexibility index (Phi) is 9.67. The number of hydrogen-bond donors (Lipinski definition) is 2. The monoisotopic (exact) mass is 549 g/mol. The lowest BCUT2D eigenvalue weighted by Gasteiger charge is -2.35. The molecular weight excluding hydrogens is 513 g/mol. The van der Waals surface area contributed by atoms with Crippen LogP contribution in [0.15, 0.2) is 29.3 Å². The molecule has 9 heteroatoms. The predicted octanol–water partition coefficient (Wildman–Crippen LogP) is 2.42. The van der Waals surface area contributed by atoms with Crippen molar-refractivity contribution in [2.45, 2.75) is 52.1 Å². The molecule has 0 atom stereocenters. The number of para-hydroxylation sites is 1. The summed E-state index contributed by atoms with van der Waals surface area (Å²) in [5.74, 6) is 0.733. The Bertz CT molecular complexity index is 807. The molecule has 0 bridgehead atoms. The normalized spacial score (nSPS) is 18.3. The van der Waals surface area contributed by atoms with Gasteiger partial charge in [-0.15, -0.1) is 24.0 Å². The van der Waals surface area contributed by atoms with Crippen LogP contribution >= 0.6 is 24.0 Å². The third-order valence-electron chi connectivity index (χ3n) is 5.74. The van der Waals surface area contributed by atoms with E-state index in [9.17, 15) is 8.42 Å². The van der Waals surface area contributed by atoms with E-state index in [1.807, 2.05) is 31.2 Å². The van der Waals surface area contributed by atoms with E-state index in [0.29, 0.717) is 24.6 Å². The molecule has 0 saturated carbocycles. The molecule has 0 unspecified atom stereocenters. The molecule has 2 heterocycles. The third-order valence-corrected chi connectivity index (χ3v) is 7.49. The number of aliphatic imine (C=N–C) groups is 1. The number of hydrogen-bond acceptors (Lipinski definition) is 4. The average Bonchev–Trinajstić information content (AvgIpc) is 3.13. The Morgan fingerprint density at radius 2 is 1.90 bits per heavy atom. The van der Waals surface area contributed by atoms with Gasteiger partial charge >= 0.3 is 0 Å². The van der Waals surface area contributed by atoms with Crippen LogP contribution in [-0.4, -0.2) is 69.8 Å². The molecule has 3 rings (SSSR count). The Balaban J connectivity index is 0.00000320. The van der Waals surface area contributed by atoms with E-state index < -0.39 is 10.0 Å². The fourth-order valence-corrected chi connectivity index (χ4v) is 5.44. The van der Waals surface area contributed by atoms with Gasteiger partial charge in [0, 0.05) is 38.3 Å². The smallest absolute Gasteiger partial charge is 0.237 e. The number of piperidine rings is 1. The minimum atomic E-state index is -3.37. The second-order valence-electron chi connectivity index (χ2n) is 8.08. The maximum absolute atomic E-state index is 12.8. The van der Waals surface area contributed by atoms with E-state index in [2.05, 4.69) is 34.4 Å². The standard InChI is InChI=1S/C21H35N5O2S.HI/c1-4-22-21(24-19-10-13-25(14-11-19)17(2)3)23-12-16-29(27,28)26-15-9-18-7-5-6-8-20(18)26;/h5-8,17,19H,4,9-16H2,1-3H3,(H2,22,23,24);1H. The van der Waals surface area contributed by atoms with Gasteiger partial charge in [-0.1, -0.05) is 18.2 Å². The molecule has 1 saturated heterocycles. The molecule has 2 N–H and O–H groups in total. The van der Waals surface area contributed by atoms with Gasteiger partial charge in [0.05, 0.1) is 18.0 Å². The van der Waals surface area contributed by atoms with E-state index in [4.69, 9.17) is 0 Å². The van der Waals surface area contributed by atoms with Crippen LogP contribution < -0.4 is 14.9 Å². The van der Waals surface area contributed by atoms with E-state index in [0.717, 1.165) is 50.1 Å². The summed E-state index contributed by atoms with van der Waals surface area (Å²) < 4.78 is 27.2. The summed E-state index contributed by atoms with van der Waals surface area (Å²) in [5, 5.41) is 6.74. The van der Waals surface area contributed by atoms with Gasteiger partial charge in [0.2, 0.25) is 10.0 Å². The van der Waals surface area contributed by atoms with E-state index in [1.165, 1.54) is 0 Å². The molecule has 0 radical (unpaired) electrons. The molecule has 1 aromatic carbocycles. The largest absolute Gasteiger partial charge is 0.357 e. The summed E-state index contributed by atoms with van der Waals surface area (Å²) in [4.78, 5) is 7.04. The highest BCUT2D eigenvalue weighted by Gasteiger charge is 2.28. The van der Waals surface area contributed by atoms with E-state index in [1.54, 1.807) is 4.31 Å². The summed E-state index contributed by atoms with van der Waals surface area (Å²) in [6.07, 6.45) is 2.93. The first-order valence-electron chi connectivity index (χ1n) is 10.8. The lowest BCUT2D eigenvalue weighted by molar-refractivity contribution is 0.167. The lowest BCUT2D eigenvalue weighted by Crippen LogP contribution is -2.50. The number of anilines is 1. The van der Waals surface area contributed by atoms with Crippen molar-refractivity contribution in [2.75, 3.05) is 42.8 Å². The highest BCUT2D eigenvalue weighted by Crippen LogP contribution is 2.29. The van der Waals surface area contributed by atoms with Crippen LogP contribution in [0.4, 0.5) is 5.69 Å². The topological polar surface area (TPSA) is 77.0 Å². The Morgan fingerprint density at radius 1 is 1.20 bits per heavy atom. The van der Waals surface area contributed by atoms with Crippen LogP contribution in [0.5, 0.6) is 0 Å². The van der Waals surface area contributed by atoms with Crippen molar-refractivity contribution in [3.05, 3.63) is 29.8 Å². The van der Waals surface area contributed by atoms with Crippen LogP contribution in [0.25, 0.3) is 0 Å². The van der Waals surface area contributed by atoms with Crippen LogP contribution in [0, 0.1) is 0 Å². The molecule has 7 nitrogen and oxygen atoms in total. The highest BCUT2D eigenvalue weighted by atomic mass is 127. The number of halogens is 1. The van der Waals surface area contributed by atoms with Gasteiger partial charge in [0.1, 0.15) is 0 Å². The van der Waals surface area contributed by atoms with Gasteiger partial charge < -0.3 is 15.5 Å². The van der Waals surface area contributed by atoms with Crippen molar-refractivity contribution < 1.29 is 8.42 Å². The van der Waals surface area contributed by atoms with Crippen molar-refractivity contribution in [1.29, 1.82) is 0 Å². The lowest BCUT2D eigenvalue weighted by atomic mass is 10.0. The number of likely N-dealkylation sites (tertiary alicyclic amines) is 1. The van der Waals surface area contributed by atoms with Crippen LogP contribution in [0.2, 0.25) is 0 Å². The zero-order valence-electron chi connectivity index (χ0n) is 18.3. The number of rotatable bonds is 7. The zero-order chi connectivity index (χ0) is 20.9.